The number of benzene rings is 6. The van der Waals surface area contributed by atoms with Crippen LogP contribution in [-0.2, 0) is 0 Å². The third-order valence-electron chi connectivity index (χ3n) is 8.32. The predicted molar refractivity (Wildman–Crippen MR) is 169 cm³/mol. The summed E-state index contributed by atoms with van der Waals surface area (Å²) in [6, 6.07) is 44.6. The molecule has 3 aromatic heterocycles. The van der Waals surface area contributed by atoms with Gasteiger partial charge in [0.1, 0.15) is 11.2 Å². The van der Waals surface area contributed by atoms with Crippen molar-refractivity contribution in [2.45, 2.75) is 0 Å². The third-order valence-corrected chi connectivity index (χ3v) is 8.32. The largest absolute Gasteiger partial charge is 0.456 e. The third kappa shape index (κ3) is 3.03. The molecule has 0 saturated carbocycles. The summed E-state index contributed by atoms with van der Waals surface area (Å²) in [4.78, 5) is 3.64. The SMILES string of the molecule is [C-]#[N+]c1ccc2oc3ccc(-n4c5ccccc5c5ccc(-n6c7ccccc7c7ccccc76)cc54)cc3c2c1. The Morgan fingerprint density at radius 1 is 0.439 bits per heavy atom. The molecule has 4 nitrogen and oxygen atoms in total. The van der Waals surface area contributed by atoms with Crippen LogP contribution < -0.4 is 0 Å². The number of rotatable bonds is 2. The van der Waals surface area contributed by atoms with Gasteiger partial charge >= 0.3 is 0 Å². The monoisotopic (exact) mass is 523 g/mol. The quantitative estimate of drug-likeness (QED) is 0.207. The van der Waals surface area contributed by atoms with Gasteiger partial charge in [-0.2, -0.15) is 0 Å². The van der Waals surface area contributed by atoms with Gasteiger partial charge in [0.05, 0.1) is 28.6 Å². The maximum absolute atomic E-state index is 7.48. The molecule has 0 N–H and O–H groups in total. The van der Waals surface area contributed by atoms with Crippen LogP contribution in [0.1, 0.15) is 0 Å². The van der Waals surface area contributed by atoms with Crippen molar-refractivity contribution < 1.29 is 4.42 Å². The van der Waals surface area contributed by atoms with Crippen molar-refractivity contribution in [1.29, 1.82) is 0 Å². The molecule has 3 heterocycles. The van der Waals surface area contributed by atoms with Crippen LogP contribution in [0.25, 0.3) is 81.8 Å². The molecule has 0 fully saturated rings. The summed E-state index contributed by atoms with van der Waals surface area (Å²) in [6.45, 7) is 7.48. The molecule has 6 aromatic carbocycles. The lowest BCUT2D eigenvalue weighted by Gasteiger charge is -2.11. The molecule has 0 aliphatic heterocycles. The lowest BCUT2D eigenvalue weighted by Crippen LogP contribution is -1.97. The standard InChI is InChI=1S/C37H21N3O/c1-38-23-14-18-36-30(20-23)31-21-24(16-19-37(31)41-36)40-34-13-7-4-10-28(34)29-17-15-25(22-35(29)40)39-32-11-5-2-8-26(32)27-9-3-6-12-33(27)39/h2-22H. The summed E-state index contributed by atoms with van der Waals surface area (Å²) in [5.74, 6) is 0. The number of fused-ring (bicyclic) bond motifs is 9. The first-order valence-electron chi connectivity index (χ1n) is 13.6. The van der Waals surface area contributed by atoms with Gasteiger partial charge in [0.15, 0.2) is 5.69 Å². The van der Waals surface area contributed by atoms with E-state index in [4.69, 9.17) is 11.0 Å². The molecule has 9 rings (SSSR count). The molecular formula is C37H21N3O. The van der Waals surface area contributed by atoms with E-state index in [1.54, 1.807) is 0 Å². The number of furan rings is 1. The van der Waals surface area contributed by atoms with Gasteiger partial charge < -0.3 is 13.6 Å². The molecule has 41 heavy (non-hydrogen) atoms. The van der Waals surface area contributed by atoms with Gasteiger partial charge in [-0.05, 0) is 60.7 Å². The van der Waals surface area contributed by atoms with Crippen LogP contribution >= 0.6 is 0 Å². The van der Waals surface area contributed by atoms with Crippen molar-refractivity contribution in [3.63, 3.8) is 0 Å². The Morgan fingerprint density at radius 2 is 0.927 bits per heavy atom. The maximum Gasteiger partial charge on any atom is 0.188 e. The topological polar surface area (TPSA) is 27.4 Å². The summed E-state index contributed by atoms with van der Waals surface area (Å²) in [5.41, 5.74) is 9.07. The lowest BCUT2D eigenvalue weighted by atomic mass is 10.1. The second-order valence-corrected chi connectivity index (χ2v) is 10.5. The van der Waals surface area contributed by atoms with Crippen LogP contribution in [0.15, 0.2) is 132 Å². The Morgan fingerprint density at radius 3 is 1.56 bits per heavy atom. The fourth-order valence-corrected chi connectivity index (χ4v) is 6.54. The first kappa shape index (κ1) is 22.1. The Labute approximate surface area is 234 Å². The van der Waals surface area contributed by atoms with Crippen molar-refractivity contribution >= 4 is 71.2 Å². The molecule has 0 aliphatic rings. The number of nitrogens with zero attached hydrogens (tertiary/aromatic N) is 3. The van der Waals surface area contributed by atoms with E-state index in [0.29, 0.717) is 5.69 Å². The van der Waals surface area contributed by atoms with Crippen LogP contribution in [0.3, 0.4) is 0 Å². The molecule has 0 bridgehead atoms. The Hall–Kier alpha value is -5.79. The average molecular weight is 524 g/mol. The highest BCUT2D eigenvalue weighted by Gasteiger charge is 2.17. The predicted octanol–water partition coefficient (Wildman–Crippen LogP) is 10.3. The van der Waals surface area contributed by atoms with Crippen LogP contribution in [0, 0.1) is 6.57 Å². The minimum Gasteiger partial charge on any atom is -0.456 e. The van der Waals surface area contributed by atoms with E-state index in [2.05, 4.69) is 117 Å². The lowest BCUT2D eigenvalue weighted by molar-refractivity contribution is 0.669. The summed E-state index contributed by atoms with van der Waals surface area (Å²) in [6.07, 6.45) is 0. The van der Waals surface area contributed by atoms with Crippen molar-refractivity contribution in [3.05, 3.63) is 139 Å². The average Bonchev–Trinajstić information content (AvgIpc) is 3.67. The minimum absolute atomic E-state index is 0.610. The molecule has 0 amide bonds. The molecule has 190 valence electrons. The first-order valence-corrected chi connectivity index (χ1v) is 13.6. The fraction of sp³-hybridized carbons (Fsp3) is 0. The molecule has 0 radical (unpaired) electrons. The van der Waals surface area contributed by atoms with Gasteiger partial charge in [0.25, 0.3) is 0 Å². The molecule has 0 atom stereocenters. The van der Waals surface area contributed by atoms with Gasteiger partial charge in [-0.15, -0.1) is 0 Å². The summed E-state index contributed by atoms with van der Waals surface area (Å²) in [5, 5.41) is 6.88. The van der Waals surface area contributed by atoms with Gasteiger partial charge in [0, 0.05) is 43.7 Å². The van der Waals surface area contributed by atoms with Gasteiger partial charge in [0.2, 0.25) is 0 Å². The van der Waals surface area contributed by atoms with Gasteiger partial charge in [-0.25, -0.2) is 4.85 Å². The van der Waals surface area contributed by atoms with E-state index >= 15 is 0 Å². The van der Waals surface area contributed by atoms with Crippen LogP contribution in [0.2, 0.25) is 0 Å². The molecular weight excluding hydrogens is 502 g/mol. The normalized spacial score (nSPS) is 11.9. The van der Waals surface area contributed by atoms with Crippen molar-refractivity contribution in [2.75, 3.05) is 0 Å². The molecule has 0 spiro atoms. The van der Waals surface area contributed by atoms with E-state index in [9.17, 15) is 0 Å². The smallest absolute Gasteiger partial charge is 0.188 e. The van der Waals surface area contributed by atoms with E-state index in [0.717, 1.165) is 44.3 Å². The second-order valence-electron chi connectivity index (χ2n) is 10.5. The highest BCUT2D eigenvalue weighted by Crippen LogP contribution is 2.38. The van der Waals surface area contributed by atoms with Crippen molar-refractivity contribution in [3.8, 4) is 11.4 Å². The molecule has 0 aliphatic carbocycles. The maximum atomic E-state index is 7.48. The minimum atomic E-state index is 0.610. The number of aromatic nitrogens is 2. The highest BCUT2D eigenvalue weighted by atomic mass is 16.3. The summed E-state index contributed by atoms with van der Waals surface area (Å²) >= 11 is 0. The Kier molecular flexibility index (Phi) is 4.37. The Bertz CT molecular complexity index is 2500. The first-order chi connectivity index (χ1) is 20.3. The van der Waals surface area contributed by atoms with Crippen molar-refractivity contribution in [1.82, 2.24) is 9.13 Å². The van der Waals surface area contributed by atoms with Crippen LogP contribution in [0.5, 0.6) is 0 Å². The second kappa shape index (κ2) is 8.11. The zero-order chi connectivity index (χ0) is 27.1. The fourth-order valence-electron chi connectivity index (χ4n) is 6.54. The van der Waals surface area contributed by atoms with Gasteiger partial charge in [-0.3, -0.25) is 0 Å². The van der Waals surface area contributed by atoms with E-state index in [-0.39, 0.29) is 0 Å². The van der Waals surface area contributed by atoms with E-state index < -0.39 is 0 Å². The molecule has 4 heteroatoms. The zero-order valence-electron chi connectivity index (χ0n) is 21.9. The molecule has 9 aromatic rings. The summed E-state index contributed by atoms with van der Waals surface area (Å²) < 4.78 is 10.8. The number of hydrogen-bond acceptors (Lipinski definition) is 1. The summed E-state index contributed by atoms with van der Waals surface area (Å²) in [7, 11) is 0. The number of para-hydroxylation sites is 3. The zero-order valence-corrected chi connectivity index (χ0v) is 21.9. The van der Waals surface area contributed by atoms with E-state index in [1.807, 2.05) is 24.3 Å². The highest BCUT2D eigenvalue weighted by molar-refractivity contribution is 6.13. The van der Waals surface area contributed by atoms with Crippen molar-refractivity contribution in [2.24, 2.45) is 0 Å². The number of hydrogen-bond donors (Lipinski definition) is 0. The molecule has 0 saturated heterocycles. The van der Waals surface area contributed by atoms with Crippen LogP contribution in [0.4, 0.5) is 5.69 Å². The van der Waals surface area contributed by atoms with E-state index in [1.165, 1.54) is 32.6 Å². The molecule has 0 unspecified atom stereocenters. The Balaban J connectivity index is 1.36. The van der Waals surface area contributed by atoms with Gasteiger partial charge in [-0.1, -0.05) is 66.7 Å². The van der Waals surface area contributed by atoms with Crippen LogP contribution in [-0.4, -0.2) is 9.13 Å².